The maximum atomic E-state index is 12.5. The predicted molar refractivity (Wildman–Crippen MR) is 84.2 cm³/mol. The fourth-order valence-electron chi connectivity index (χ4n) is 1.76. The molecule has 1 heterocycles. The van der Waals surface area contributed by atoms with Crippen LogP contribution >= 0.6 is 0 Å². The van der Waals surface area contributed by atoms with Crippen LogP contribution < -0.4 is 5.32 Å². The summed E-state index contributed by atoms with van der Waals surface area (Å²) in [5.41, 5.74) is 0.494. The van der Waals surface area contributed by atoms with Crippen molar-refractivity contribution in [2.45, 2.75) is 18.1 Å². The van der Waals surface area contributed by atoms with Gasteiger partial charge in [-0.15, -0.1) is 4.36 Å². The van der Waals surface area contributed by atoms with Gasteiger partial charge in [-0.05, 0) is 31.2 Å². The zero-order chi connectivity index (χ0) is 18.0. The number of anilines is 1. The lowest BCUT2D eigenvalue weighted by atomic mass is 10.2. The van der Waals surface area contributed by atoms with E-state index in [9.17, 15) is 22.2 Å². The number of benzene rings is 1. The van der Waals surface area contributed by atoms with Crippen molar-refractivity contribution >= 4 is 21.4 Å². The number of hydrogen-bond acceptors (Lipinski definition) is 3. The van der Waals surface area contributed by atoms with Gasteiger partial charge in [0.25, 0.3) is 0 Å². The van der Waals surface area contributed by atoms with Crippen molar-refractivity contribution in [3.8, 4) is 0 Å². The summed E-state index contributed by atoms with van der Waals surface area (Å²) in [5.74, 6) is 0. The molecule has 5 nitrogen and oxygen atoms in total. The van der Waals surface area contributed by atoms with E-state index in [2.05, 4.69) is 14.7 Å². The summed E-state index contributed by atoms with van der Waals surface area (Å²) in [4.78, 5) is 15.4. The van der Waals surface area contributed by atoms with Crippen LogP contribution in [0.2, 0.25) is 0 Å². The molecular formula is C15H14F3N3O2S. The van der Waals surface area contributed by atoms with Gasteiger partial charge in [-0.2, -0.15) is 13.2 Å². The van der Waals surface area contributed by atoms with E-state index in [0.29, 0.717) is 11.9 Å². The van der Waals surface area contributed by atoms with E-state index in [-0.39, 0.29) is 5.03 Å². The zero-order valence-electron chi connectivity index (χ0n) is 12.8. The maximum Gasteiger partial charge on any atom is 0.417 e. The third kappa shape index (κ3) is 4.54. The number of halogens is 3. The van der Waals surface area contributed by atoms with Crippen molar-refractivity contribution in [1.82, 2.24) is 4.98 Å². The second-order valence-corrected chi connectivity index (χ2v) is 7.28. The molecular weight excluding hydrogens is 343 g/mol. The van der Waals surface area contributed by atoms with E-state index >= 15 is 0 Å². The highest BCUT2D eigenvalue weighted by Gasteiger charge is 2.31. The fourth-order valence-corrected chi connectivity index (χ4v) is 2.78. The number of pyridine rings is 1. The van der Waals surface area contributed by atoms with Gasteiger partial charge in [0.2, 0.25) is 0 Å². The Labute approximate surface area is 137 Å². The first kappa shape index (κ1) is 17.9. The van der Waals surface area contributed by atoms with Gasteiger partial charge in [-0.25, -0.2) is 14.0 Å². The molecule has 2 amide bonds. The Morgan fingerprint density at radius 1 is 1.17 bits per heavy atom. The summed E-state index contributed by atoms with van der Waals surface area (Å²) in [7, 11) is -3.27. The van der Waals surface area contributed by atoms with Crippen molar-refractivity contribution in [3.05, 3.63) is 53.7 Å². The lowest BCUT2D eigenvalue weighted by Crippen LogP contribution is -2.12. The number of aromatic nitrogens is 1. The van der Waals surface area contributed by atoms with Gasteiger partial charge < -0.3 is 5.32 Å². The van der Waals surface area contributed by atoms with E-state index in [0.717, 1.165) is 24.0 Å². The van der Waals surface area contributed by atoms with Crippen LogP contribution in [0.4, 0.5) is 23.7 Å². The van der Waals surface area contributed by atoms with Crippen molar-refractivity contribution in [3.63, 3.8) is 0 Å². The third-order valence-corrected chi connectivity index (χ3v) is 4.54. The molecule has 2 aromatic rings. The van der Waals surface area contributed by atoms with Crippen LogP contribution in [0.25, 0.3) is 0 Å². The minimum absolute atomic E-state index is 0.199. The number of carbonyl (C=O) groups excluding carboxylic acids is 1. The van der Waals surface area contributed by atoms with Crippen molar-refractivity contribution in [2.24, 2.45) is 4.36 Å². The van der Waals surface area contributed by atoms with Gasteiger partial charge in [-0.3, -0.25) is 0 Å². The number of carbonyl (C=O) groups is 1. The van der Waals surface area contributed by atoms with Gasteiger partial charge in [0.15, 0.2) is 0 Å². The van der Waals surface area contributed by atoms with E-state index in [1.165, 1.54) is 0 Å². The normalized spacial score (nSPS) is 13.9. The number of rotatable bonds is 2. The van der Waals surface area contributed by atoms with E-state index in [1.807, 2.05) is 6.92 Å². The third-order valence-electron chi connectivity index (χ3n) is 3.01. The van der Waals surface area contributed by atoms with E-state index in [4.69, 9.17) is 0 Å². The molecule has 24 heavy (non-hydrogen) atoms. The van der Waals surface area contributed by atoms with Crippen molar-refractivity contribution in [2.75, 3.05) is 11.6 Å². The van der Waals surface area contributed by atoms with Crippen LogP contribution in [0.1, 0.15) is 11.1 Å². The molecule has 128 valence electrons. The molecule has 0 spiro atoms. The Morgan fingerprint density at radius 2 is 1.79 bits per heavy atom. The summed E-state index contributed by atoms with van der Waals surface area (Å²) < 4.78 is 53.4. The number of nitrogens with zero attached hydrogens (tertiary/aromatic N) is 2. The molecule has 1 aromatic carbocycles. The summed E-state index contributed by atoms with van der Waals surface area (Å²) in [6.07, 6.45) is -2.84. The number of aryl methyl sites for hydroxylation is 1. The molecule has 0 unspecified atom stereocenters. The molecule has 0 radical (unpaired) electrons. The SMILES string of the molecule is Cc1ccc(NC(=O)N=[S@@](C)(=O)c2ccc(C(F)(F)F)cn2)cc1. The average Bonchev–Trinajstić information content (AvgIpc) is 2.48. The summed E-state index contributed by atoms with van der Waals surface area (Å²) in [6.45, 7) is 1.88. The van der Waals surface area contributed by atoms with Gasteiger partial charge in [-0.1, -0.05) is 17.7 Å². The molecule has 0 bridgehead atoms. The zero-order valence-corrected chi connectivity index (χ0v) is 13.6. The second-order valence-electron chi connectivity index (χ2n) is 5.07. The molecule has 0 fully saturated rings. The molecule has 0 aliphatic carbocycles. The molecule has 1 atom stereocenters. The first-order chi connectivity index (χ1) is 11.1. The molecule has 2 rings (SSSR count). The highest BCUT2D eigenvalue weighted by Crippen LogP contribution is 2.28. The van der Waals surface area contributed by atoms with Crippen LogP contribution in [-0.2, 0) is 15.9 Å². The Morgan fingerprint density at radius 3 is 2.29 bits per heavy atom. The minimum atomic E-state index is -4.54. The quantitative estimate of drug-likeness (QED) is 0.880. The lowest BCUT2D eigenvalue weighted by Gasteiger charge is -2.08. The van der Waals surface area contributed by atoms with Gasteiger partial charge in [0, 0.05) is 18.1 Å². The lowest BCUT2D eigenvalue weighted by molar-refractivity contribution is -0.137. The molecule has 0 saturated heterocycles. The summed E-state index contributed by atoms with van der Waals surface area (Å²) in [6, 6.07) is 7.68. The van der Waals surface area contributed by atoms with Gasteiger partial charge in [0.05, 0.1) is 15.3 Å². The van der Waals surface area contributed by atoms with Crippen molar-refractivity contribution in [1.29, 1.82) is 0 Å². The first-order valence-corrected chi connectivity index (χ1v) is 8.63. The summed E-state index contributed by atoms with van der Waals surface area (Å²) >= 11 is 0. The van der Waals surface area contributed by atoms with E-state index in [1.54, 1.807) is 24.3 Å². The average molecular weight is 357 g/mol. The van der Waals surface area contributed by atoms with E-state index < -0.39 is 27.5 Å². The highest BCUT2D eigenvalue weighted by molar-refractivity contribution is 7.93. The van der Waals surface area contributed by atoms with Crippen molar-refractivity contribution < 1.29 is 22.2 Å². The van der Waals surface area contributed by atoms with Gasteiger partial charge >= 0.3 is 12.2 Å². The fraction of sp³-hybridized carbons (Fsp3) is 0.200. The standard InChI is InChI=1S/C15H14F3N3O2S/c1-10-3-6-12(7-4-10)20-14(22)21-24(2,23)13-8-5-11(9-19-13)15(16,17)18/h3-9H,1-2H3,(H,20,22)/t24-/m0/s1. The minimum Gasteiger partial charge on any atom is -0.306 e. The summed E-state index contributed by atoms with van der Waals surface area (Å²) in [5, 5.41) is 2.24. The van der Waals surface area contributed by atoms with Crippen LogP contribution in [-0.4, -0.2) is 21.5 Å². The van der Waals surface area contributed by atoms with Crippen LogP contribution in [0.3, 0.4) is 0 Å². The Balaban J connectivity index is 2.22. The molecule has 0 aliphatic heterocycles. The largest absolute Gasteiger partial charge is 0.417 e. The molecule has 0 saturated carbocycles. The Bertz CT molecular complexity index is 853. The number of hydrogen-bond donors (Lipinski definition) is 1. The highest BCUT2D eigenvalue weighted by atomic mass is 32.2. The molecule has 0 aliphatic rings. The van der Waals surface area contributed by atoms with Crippen LogP contribution in [0, 0.1) is 6.92 Å². The maximum absolute atomic E-state index is 12.5. The molecule has 1 N–H and O–H groups in total. The Kier molecular flexibility index (Phi) is 4.93. The number of alkyl halides is 3. The topological polar surface area (TPSA) is 71.4 Å². The predicted octanol–water partition coefficient (Wildman–Crippen LogP) is 4.10. The molecule has 1 aromatic heterocycles. The second kappa shape index (κ2) is 6.60. The number of amides is 2. The first-order valence-electron chi connectivity index (χ1n) is 6.71. The van der Waals surface area contributed by atoms with Crippen LogP contribution in [0.15, 0.2) is 52.0 Å². The smallest absolute Gasteiger partial charge is 0.306 e. The Hall–Kier alpha value is -2.42. The monoisotopic (exact) mass is 357 g/mol. The van der Waals surface area contributed by atoms with Gasteiger partial charge in [0.1, 0.15) is 5.03 Å². The number of nitrogens with one attached hydrogen (secondary N) is 1. The molecule has 9 heteroatoms. The number of urea groups is 1. The van der Waals surface area contributed by atoms with Crippen LogP contribution in [0.5, 0.6) is 0 Å².